The fourth-order valence-electron chi connectivity index (χ4n) is 3.47. The van der Waals surface area contributed by atoms with Crippen molar-refractivity contribution in [1.29, 1.82) is 0 Å². The van der Waals surface area contributed by atoms with Gasteiger partial charge in [0.15, 0.2) is 0 Å². The zero-order valence-corrected chi connectivity index (χ0v) is 11.6. The second kappa shape index (κ2) is 5.05. The van der Waals surface area contributed by atoms with Crippen molar-refractivity contribution in [3.05, 3.63) is 38.9 Å². The van der Waals surface area contributed by atoms with Crippen LogP contribution in [0.2, 0.25) is 5.02 Å². The van der Waals surface area contributed by atoms with E-state index in [1.54, 1.807) is 0 Å². The Morgan fingerprint density at radius 1 is 1.35 bits per heavy atom. The van der Waals surface area contributed by atoms with Gasteiger partial charge in [0.1, 0.15) is 5.02 Å². The number of hydrogen-bond acceptors (Lipinski definition) is 3. The summed E-state index contributed by atoms with van der Waals surface area (Å²) >= 11 is 5.74. The van der Waals surface area contributed by atoms with Crippen LogP contribution < -0.4 is 5.32 Å². The molecule has 2 saturated carbocycles. The first kappa shape index (κ1) is 13.4. The van der Waals surface area contributed by atoms with Gasteiger partial charge in [-0.3, -0.25) is 14.9 Å². The van der Waals surface area contributed by atoms with E-state index in [1.165, 1.54) is 37.5 Å². The molecule has 3 atom stereocenters. The average molecular weight is 295 g/mol. The highest BCUT2D eigenvalue weighted by molar-refractivity contribution is 6.32. The Hall–Kier alpha value is -1.62. The van der Waals surface area contributed by atoms with Gasteiger partial charge in [-0.1, -0.05) is 18.0 Å². The number of benzene rings is 1. The highest BCUT2D eigenvalue weighted by Gasteiger charge is 2.40. The first-order chi connectivity index (χ1) is 9.54. The Bertz CT molecular complexity index is 576. The molecule has 1 amide bonds. The largest absolute Gasteiger partial charge is 0.349 e. The molecule has 0 aromatic heterocycles. The summed E-state index contributed by atoms with van der Waals surface area (Å²) in [5.41, 5.74) is 0.0659. The van der Waals surface area contributed by atoms with Gasteiger partial charge in [0.05, 0.1) is 4.92 Å². The van der Waals surface area contributed by atoms with Gasteiger partial charge < -0.3 is 5.32 Å². The lowest BCUT2D eigenvalue weighted by molar-refractivity contribution is -0.384. The summed E-state index contributed by atoms with van der Waals surface area (Å²) in [5.74, 6) is 1.07. The second-order valence-corrected chi connectivity index (χ2v) is 6.09. The topological polar surface area (TPSA) is 72.2 Å². The van der Waals surface area contributed by atoms with Crippen molar-refractivity contribution in [2.24, 2.45) is 11.8 Å². The van der Waals surface area contributed by atoms with Crippen molar-refractivity contribution in [2.75, 3.05) is 0 Å². The molecule has 6 heteroatoms. The first-order valence-corrected chi connectivity index (χ1v) is 7.17. The van der Waals surface area contributed by atoms with Crippen molar-refractivity contribution in [2.45, 2.75) is 31.7 Å². The predicted octanol–water partition coefficient (Wildman–Crippen LogP) is 3.17. The van der Waals surface area contributed by atoms with Crippen LogP contribution in [0.15, 0.2) is 18.2 Å². The third-order valence-corrected chi connectivity index (χ3v) is 4.78. The molecule has 3 rings (SSSR count). The molecule has 2 aliphatic rings. The van der Waals surface area contributed by atoms with E-state index in [4.69, 9.17) is 11.6 Å². The van der Waals surface area contributed by atoms with Crippen molar-refractivity contribution in [3.8, 4) is 0 Å². The van der Waals surface area contributed by atoms with Crippen molar-refractivity contribution >= 4 is 23.2 Å². The van der Waals surface area contributed by atoms with Crippen LogP contribution in [0.3, 0.4) is 0 Å². The fourth-order valence-corrected chi connectivity index (χ4v) is 3.65. The molecule has 20 heavy (non-hydrogen) atoms. The maximum atomic E-state index is 12.2. The second-order valence-electron chi connectivity index (χ2n) is 5.68. The van der Waals surface area contributed by atoms with Crippen molar-refractivity contribution in [1.82, 2.24) is 5.32 Å². The van der Waals surface area contributed by atoms with Crippen LogP contribution in [-0.2, 0) is 0 Å². The van der Waals surface area contributed by atoms with Crippen LogP contribution in [0, 0.1) is 22.0 Å². The number of rotatable bonds is 3. The van der Waals surface area contributed by atoms with E-state index in [9.17, 15) is 14.9 Å². The SMILES string of the molecule is O=C(N[C@@H]1C[C@@H]2CC[C@H]1C2)c1ccc(Cl)c([N+](=O)[O-])c1. The minimum Gasteiger partial charge on any atom is -0.349 e. The molecular formula is C14H15ClN2O3. The first-order valence-electron chi connectivity index (χ1n) is 6.79. The van der Waals surface area contributed by atoms with Crippen LogP contribution in [0.25, 0.3) is 0 Å². The lowest BCUT2D eigenvalue weighted by atomic mass is 9.95. The predicted molar refractivity (Wildman–Crippen MR) is 74.8 cm³/mol. The quantitative estimate of drug-likeness (QED) is 0.687. The van der Waals surface area contributed by atoms with E-state index in [-0.39, 0.29) is 22.7 Å². The van der Waals surface area contributed by atoms with Gasteiger partial charge in [0, 0.05) is 17.7 Å². The summed E-state index contributed by atoms with van der Waals surface area (Å²) in [4.78, 5) is 22.4. The van der Waals surface area contributed by atoms with Crippen LogP contribution >= 0.6 is 11.6 Å². The fraction of sp³-hybridized carbons (Fsp3) is 0.500. The summed E-state index contributed by atoms with van der Waals surface area (Å²) in [6.45, 7) is 0. The highest BCUT2D eigenvalue weighted by atomic mass is 35.5. The Labute approximate surface area is 121 Å². The number of nitro benzene ring substituents is 1. The van der Waals surface area contributed by atoms with E-state index in [2.05, 4.69) is 5.32 Å². The summed E-state index contributed by atoms with van der Waals surface area (Å²) in [7, 11) is 0. The van der Waals surface area contributed by atoms with Gasteiger partial charge in [0.25, 0.3) is 11.6 Å². The number of carbonyl (C=O) groups excluding carboxylic acids is 1. The van der Waals surface area contributed by atoms with Crippen LogP contribution in [-0.4, -0.2) is 16.9 Å². The maximum absolute atomic E-state index is 12.2. The minimum atomic E-state index is -0.573. The van der Waals surface area contributed by atoms with Gasteiger partial charge in [0.2, 0.25) is 0 Å². The standard InChI is InChI=1S/C14H15ClN2O3/c15-11-4-3-10(7-13(11)17(19)20)14(18)16-12-6-8-1-2-9(12)5-8/h3-4,7-9,12H,1-2,5-6H2,(H,16,18)/t8-,9+,12-/m1/s1. The van der Waals surface area contributed by atoms with E-state index in [1.807, 2.05) is 0 Å². The molecule has 2 fully saturated rings. The molecular weight excluding hydrogens is 280 g/mol. The summed E-state index contributed by atoms with van der Waals surface area (Å²) in [6.07, 6.45) is 4.68. The minimum absolute atomic E-state index is 0.0477. The van der Waals surface area contributed by atoms with Gasteiger partial charge in [-0.05, 0) is 43.2 Å². The van der Waals surface area contributed by atoms with Gasteiger partial charge in [-0.15, -0.1) is 0 Å². The van der Waals surface area contributed by atoms with Gasteiger partial charge >= 0.3 is 0 Å². The zero-order chi connectivity index (χ0) is 14.3. The molecule has 1 N–H and O–H groups in total. The third-order valence-electron chi connectivity index (χ3n) is 4.46. The van der Waals surface area contributed by atoms with Crippen LogP contribution in [0.4, 0.5) is 5.69 Å². The number of carbonyl (C=O) groups is 1. The molecule has 2 bridgehead atoms. The third kappa shape index (κ3) is 2.38. The van der Waals surface area contributed by atoms with E-state index in [0.29, 0.717) is 11.5 Å². The Morgan fingerprint density at radius 3 is 2.75 bits per heavy atom. The van der Waals surface area contributed by atoms with E-state index in [0.717, 1.165) is 12.3 Å². The molecule has 0 unspecified atom stereocenters. The average Bonchev–Trinajstić information content (AvgIpc) is 3.01. The van der Waals surface area contributed by atoms with Gasteiger partial charge in [-0.25, -0.2) is 0 Å². The maximum Gasteiger partial charge on any atom is 0.288 e. The lowest BCUT2D eigenvalue weighted by Gasteiger charge is -2.22. The zero-order valence-electron chi connectivity index (χ0n) is 10.8. The number of amides is 1. The smallest absolute Gasteiger partial charge is 0.288 e. The van der Waals surface area contributed by atoms with Gasteiger partial charge in [-0.2, -0.15) is 0 Å². The molecule has 5 nitrogen and oxygen atoms in total. The lowest BCUT2D eigenvalue weighted by Crippen LogP contribution is -2.38. The number of nitrogens with zero attached hydrogens (tertiary/aromatic N) is 1. The molecule has 1 aromatic rings. The van der Waals surface area contributed by atoms with E-state index < -0.39 is 4.92 Å². The molecule has 0 radical (unpaired) electrons. The van der Waals surface area contributed by atoms with Crippen LogP contribution in [0.5, 0.6) is 0 Å². The molecule has 0 heterocycles. The molecule has 106 valence electrons. The van der Waals surface area contributed by atoms with E-state index >= 15 is 0 Å². The van der Waals surface area contributed by atoms with Crippen LogP contribution in [0.1, 0.15) is 36.0 Å². The molecule has 2 aliphatic carbocycles. The monoisotopic (exact) mass is 294 g/mol. The molecule has 0 aliphatic heterocycles. The summed E-state index contributed by atoms with van der Waals surface area (Å²) < 4.78 is 0. The number of hydrogen-bond donors (Lipinski definition) is 1. The van der Waals surface area contributed by atoms with Crippen molar-refractivity contribution in [3.63, 3.8) is 0 Å². The normalized spacial score (nSPS) is 27.6. The number of nitrogens with one attached hydrogen (secondary N) is 1. The Kier molecular flexibility index (Phi) is 3.38. The highest BCUT2D eigenvalue weighted by Crippen LogP contribution is 2.44. The summed E-state index contributed by atoms with van der Waals surface area (Å²) in [6, 6.07) is 4.38. The molecule has 0 spiro atoms. The summed E-state index contributed by atoms with van der Waals surface area (Å²) in [5, 5.41) is 13.9. The number of nitro groups is 1. The molecule has 1 aromatic carbocycles. The molecule has 0 saturated heterocycles. The Morgan fingerprint density at radius 2 is 2.15 bits per heavy atom. The number of halogens is 1. The number of fused-ring (bicyclic) bond motifs is 2. The Balaban J connectivity index is 1.74. The van der Waals surface area contributed by atoms with Crippen molar-refractivity contribution < 1.29 is 9.72 Å².